The highest BCUT2D eigenvalue weighted by molar-refractivity contribution is 7.99. The molecule has 0 aliphatic heterocycles. The van der Waals surface area contributed by atoms with Crippen molar-refractivity contribution in [1.82, 2.24) is 19.6 Å². The van der Waals surface area contributed by atoms with Crippen molar-refractivity contribution < 1.29 is 9.59 Å². The number of benzene rings is 1. The first-order valence-corrected chi connectivity index (χ1v) is 11.8. The molecule has 5 rings (SSSR count). The number of carbonyl (C=O) groups excluding carboxylic acids is 2. The van der Waals surface area contributed by atoms with Crippen LogP contribution in [0.15, 0.2) is 35.7 Å². The summed E-state index contributed by atoms with van der Waals surface area (Å²) in [5, 5.41) is 16.0. The van der Waals surface area contributed by atoms with Crippen molar-refractivity contribution in [2.75, 3.05) is 16.4 Å². The number of rotatable bonds is 5. The molecule has 10 heteroatoms. The Morgan fingerprint density at radius 2 is 1.84 bits per heavy atom. The molecule has 0 atom stereocenters. The fourth-order valence-corrected chi connectivity index (χ4v) is 5.73. The first-order valence-electron chi connectivity index (χ1n) is 10.0. The van der Waals surface area contributed by atoms with E-state index in [0.29, 0.717) is 16.5 Å². The Hall–Kier alpha value is -2.98. The summed E-state index contributed by atoms with van der Waals surface area (Å²) in [7, 11) is 0. The monoisotopic (exact) mass is 452 g/mol. The van der Waals surface area contributed by atoms with Crippen LogP contribution in [0.2, 0.25) is 0 Å². The molecule has 31 heavy (non-hydrogen) atoms. The predicted octanol–water partition coefficient (Wildman–Crippen LogP) is 3.91. The Morgan fingerprint density at radius 1 is 1.10 bits per heavy atom. The minimum atomic E-state index is -0.143. The number of nitrogens with one attached hydrogen (secondary N) is 2. The predicted molar refractivity (Wildman–Crippen MR) is 123 cm³/mol. The summed E-state index contributed by atoms with van der Waals surface area (Å²) in [5.41, 5.74) is 3.54. The van der Waals surface area contributed by atoms with Crippen molar-refractivity contribution in [1.29, 1.82) is 0 Å². The molecule has 158 valence electrons. The van der Waals surface area contributed by atoms with Gasteiger partial charge in [0, 0.05) is 23.2 Å². The highest BCUT2D eigenvalue weighted by Gasteiger charge is 2.21. The highest BCUT2D eigenvalue weighted by atomic mass is 32.2. The van der Waals surface area contributed by atoms with Crippen molar-refractivity contribution in [2.45, 2.75) is 37.8 Å². The molecule has 2 amide bonds. The molecule has 0 radical (unpaired) electrons. The van der Waals surface area contributed by atoms with Crippen molar-refractivity contribution >= 4 is 62.2 Å². The highest BCUT2D eigenvalue weighted by Crippen LogP contribution is 2.37. The second-order valence-corrected chi connectivity index (χ2v) is 9.43. The summed E-state index contributed by atoms with van der Waals surface area (Å²) in [4.78, 5) is 30.6. The molecule has 0 saturated carbocycles. The number of anilines is 2. The van der Waals surface area contributed by atoms with Gasteiger partial charge in [-0.1, -0.05) is 11.8 Å². The van der Waals surface area contributed by atoms with Crippen molar-refractivity contribution in [2.24, 2.45) is 0 Å². The topological polar surface area (TPSA) is 101 Å². The second kappa shape index (κ2) is 8.27. The first kappa shape index (κ1) is 20.0. The van der Waals surface area contributed by atoms with Crippen LogP contribution >= 0.6 is 23.1 Å². The summed E-state index contributed by atoms with van der Waals surface area (Å²) >= 11 is 3.09. The molecule has 0 fully saturated rings. The average Bonchev–Trinajstić information content (AvgIpc) is 3.34. The largest absolute Gasteiger partial charge is 0.326 e. The van der Waals surface area contributed by atoms with E-state index in [9.17, 15) is 9.59 Å². The molecule has 0 unspecified atom stereocenters. The minimum absolute atomic E-state index is 0.136. The van der Waals surface area contributed by atoms with Crippen LogP contribution < -0.4 is 10.6 Å². The van der Waals surface area contributed by atoms with E-state index in [1.165, 1.54) is 42.0 Å². The number of aryl methyl sites for hydroxylation is 2. The lowest BCUT2D eigenvalue weighted by Gasteiger charge is -2.10. The Kier molecular flexibility index (Phi) is 5.33. The third-order valence-electron chi connectivity index (χ3n) is 5.15. The molecule has 3 aromatic heterocycles. The lowest BCUT2D eigenvalue weighted by atomic mass is 9.97. The summed E-state index contributed by atoms with van der Waals surface area (Å²) in [5.74, 6) is -0.0759. The van der Waals surface area contributed by atoms with Gasteiger partial charge in [0.25, 0.3) is 0 Å². The van der Waals surface area contributed by atoms with Gasteiger partial charge in [-0.15, -0.1) is 21.5 Å². The van der Waals surface area contributed by atoms with Crippen LogP contribution in [-0.4, -0.2) is 37.1 Å². The zero-order valence-corrected chi connectivity index (χ0v) is 18.5. The van der Waals surface area contributed by atoms with Gasteiger partial charge in [0.2, 0.25) is 11.8 Å². The number of nitrogens with zero attached hydrogens (tertiary/aromatic N) is 4. The number of aromatic nitrogens is 4. The van der Waals surface area contributed by atoms with Gasteiger partial charge in [0.1, 0.15) is 11.2 Å². The van der Waals surface area contributed by atoms with Crippen molar-refractivity contribution in [3.63, 3.8) is 0 Å². The molecule has 0 saturated heterocycles. The van der Waals surface area contributed by atoms with Gasteiger partial charge in [-0.2, -0.15) is 0 Å². The Balaban J connectivity index is 1.29. The van der Waals surface area contributed by atoms with Crippen molar-refractivity contribution in [3.8, 4) is 0 Å². The van der Waals surface area contributed by atoms with Crippen molar-refractivity contribution in [3.05, 3.63) is 41.0 Å². The molecule has 1 aliphatic carbocycles. The van der Waals surface area contributed by atoms with E-state index in [-0.39, 0.29) is 17.6 Å². The fraction of sp³-hybridized carbons (Fsp3) is 0.286. The summed E-state index contributed by atoms with van der Waals surface area (Å²) in [6.45, 7) is 1.45. The van der Waals surface area contributed by atoms with Crippen LogP contribution in [0, 0.1) is 0 Å². The molecule has 1 aliphatic rings. The van der Waals surface area contributed by atoms with Gasteiger partial charge in [0.15, 0.2) is 10.8 Å². The molecule has 8 nitrogen and oxygen atoms in total. The number of amides is 2. The first-order chi connectivity index (χ1) is 15.1. The maximum absolute atomic E-state index is 12.4. The van der Waals surface area contributed by atoms with Gasteiger partial charge in [-0.05, 0) is 55.5 Å². The molecule has 2 N–H and O–H groups in total. The lowest BCUT2D eigenvalue weighted by Crippen LogP contribution is -2.14. The third-order valence-corrected chi connectivity index (χ3v) is 7.30. The van der Waals surface area contributed by atoms with Gasteiger partial charge in [-0.3, -0.25) is 14.0 Å². The maximum atomic E-state index is 12.4. The average molecular weight is 453 g/mol. The number of hydrogen-bond acceptors (Lipinski definition) is 7. The lowest BCUT2D eigenvalue weighted by molar-refractivity contribution is -0.114. The van der Waals surface area contributed by atoms with E-state index in [4.69, 9.17) is 0 Å². The zero-order chi connectivity index (χ0) is 21.4. The third kappa shape index (κ3) is 4.00. The molecule has 0 spiro atoms. The van der Waals surface area contributed by atoms with Crippen LogP contribution in [0.25, 0.3) is 15.9 Å². The van der Waals surface area contributed by atoms with Crippen LogP contribution in [0.1, 0.15) is 30.2 Å². The van der Waals surface area contributed by atoms with E-state index in [1.54, 1.807) is 41.9 Å². The standard InChI is InChI=1S/C21H20N6O2S2/c1-12(28)23-13-6-8-14(9-7-13)24-17(29)10-30-21-26-25-19-18-15-4-2-3-5-16(15)31-20(18)22-11-27(19)21/h6-9,11H,2-5,10H2,1H3,(H,23,28)(H,24,29). The SMILES string of the molecule is CC(=O)Nc1ccc(NC(=O)CSc2nnc3c4c5c(sc4ncn23)CCCC5)cc1. The molecule has 3 heterocycles. The van der Waals surface area contributed by atoms with E-state index in [2.05, 4.69) is 25.8 Å². The summed E-state index contributed by atoms with van der Waals surface area (Å²) < 4.78 is 1.88. The van der Waals surface area contributed by atoms with Gasteiger partial charge < -0.3 is 10.6 Å². The van der Waals surface area contributed by atoms with E-state index in [1.807, 2.05) is 4.40 Å². The Morgan fingerprint density at radius 3 is 2.61 bits per heavy atom. The Bertz CT molecular complexity index is 1290. The number of carbonyl (C=O) groups is 2. The molecule has 4 aromatic rings. The van der Waals surface area contributed by atoms with Crippen LogP contribution in [-0.2, 0) is 22.4 Å². The maximum Gasteiger partial charge on any atom is 0.234 e. The molecule has 1 aromatic carbocycles. The van der Waals surface area contributed by atoms with Crippen LogP contribution in [0.3, 0.4) is 0 Å². The molecule has 0 bridgehead atoms. The van der Waals surface area contributed by atoms with E-state index < -0.39 is 0 Å². The zero-order valence-electron chi connectivity index (χ0n) is 16.8. The van der Waals surface area contributed by atoms with Crippen LogP contribution in [0.4, 0.5) is 11.4 Å². The quantitative estimate of drug-likeness (QED) is 0.445. The smallest absolute Gasteiger partial charge is 0.234 e. The minimum Gasteiger partial charge on any atom is -0.326 e. The second-order valence-electron chi connectivity index (χ2n) is 7.41. The van der Waals surface area contributed by atoms with Gasteiger partial charge in [-0.25, -0.2) is 4.98 Å². The number of fused-ring (bicyclic) bond motifs is 5. The number of hydrogen-bond donors (Lipinski definition) is 2. The van der Waals surface area contributed by atoms with E-state index in [0.717, 1.165) is 28.7 Å². The van der Waals surface area contributed by atoms with Gasteiger partial charge >= 0.3 is 0 Å². The fourth-order valence-electron chi connectivity index (χ4n) is 3.80. The van der Waals surface area contributed by atoms with Crippen LogP contribution in [0.5, 0.6) is 0 Å². The summed E-state index contributed by atoms with van der Waals surface area (Å²) in [6.07, 6.45) is 6.36. The molecular formula is C21H20N6O2S2. The summed E-state index contributed by atoms with van der Waals surface area (Å²) in [6, 6.07) is 6.99. The molecular weight excluding hydrogens is 432 g/mol. The van der Waals surface area contributed by atoms with E-state index >= 15 is 0 Å². The number of thiophene rings is 1. The normalized spacial score (nSPS) is 13.3. The van der Waals surface area contributed by atoms with Gasteiger partial charge in [0.05, 0.1) is 11.1 Å². The number of thioether (sulfide) groups is 1. The Labute approximate surface area is 186 Å².